The summed E-state index contributed by atoms with van der Waals surface area (Å²) in [6.45, 7) is 3.73. The Labute approximate surface area is 141 Å². The van der Waals surface area contributed by atoms with E-state index in [1.807, 2.05) is 18.2 Å². The van der Waals surface area contributed by atoms with Gasteiger partial charge in [-0.05, 0) is 38.8 Å². The molecule has 7 nitrogen and oxygen atoms in total. The number of hydrogen-bond donors (Lipinski definition) is 3. The molecule has 0 aromatic heterocycles. The number of anilines is 1. The fourth-order valence-electron chi connectivity index (χ4n) is 2.56. The van der Waals surface area contributed by atoms with Gasteiger partial charge in [-0.25, -0.2) is 9.59 Å². The number of aliphatic carboxylic acids is 1. The molecule has 0 bridgehead atoms. The Morgan fingerprint density at radius 1 is 1.21 bits per heavy atom. The molecule has 2 rings (SSSR count). The Morgan fingerprint density at radius 2 is 1.88 bits per heavy atom. The van der Waals surface area contributed by atoms with Crippen molar-refractivity contribution in [1.29, 1.82) is 0 Å². The third kappa shape index (κ3) is 4.47. The zero-order valence-electron chi connectivity index (χ0n) is 13.9. The molecule has 1 saturated heterocycles. The molecule has 0 aliphatic carbocycles. The molecule has 130 valence electrons. The van der Waals surface area contributed by atoms with Crippen LogP contribution in [0, 0.1) is 5.92 Å². The molecule has 7 heteroatoms. The molecule has 1 fully saturated rings. The Kier molecular flexibility index (Phi) is 5.43. The van der Waals surface area contributed by atoms with E-state index in [1.165, 1.54) is 13.8 Å². The quantitative estimate of drug-likeness (QED) is 0.784. The van der Waals surface area contributed by atoms with Crippen LogP contribution in [0.25, 0.3) is 0 Å². The standard InChI is InChI=1S/C17H23N3O4/c1-17(2,15(22)23)19-14(21)12-7-6-10-20(11-12)16(24)18-13-8-4-3-5-9-13/h3-5,8-9,12H,6-7,10-11H2,1-2H3,(H,18,24)(H,19,21)(H,22,23). The van der Waals surface area contributed by atoms with Gasteiger partial charge in [-0.3, -0.25) is 4.79 Å². The number of nitrogens with zero attached hydrogens (tertiary/aromatic N) is 1. The molecule has 3 N–H and O–H groups in total. The van der Waals surface area contributed by atoms with Gasteiger partial charge in [-0.2, -0.15) is 0 Å². The van der Waals surface area contributed by atoms with Gasteiger partial charge in [0, 0.05) is 18.8 Å². The van der Waals surface area contributed by atoms with E-state index in [1.54, 1.807) is 17.0 Å². The second-order valence-electron chi connectivity index (χ2n) is 6.50. The highest BCUT2D eigenvalue weighted by Gasteiger charge is 2.34. The number of carbonyl (C=O) groups excluding carboxylic acids is 2. The van der Waals surface area contributed by atoms with E-state index < -0.39 is 17.4 Å². The van der Waals surface area contributed by atoms with Crippen LogP contribution in [0.15, 0.2) is 30.3 Å². The molecule has 0 saturated carbocycles. The van der Waals surface area contributed by atoms with Gasteiger partial charge in [0.1, 0.15) is 5.54 Å². The van der Waals surface area contributed by atoms with E-state index >= 15 is 0 Å². The summed E-state index contributed by atoms with van der Waals surface area (Å²) in [4.78, 5) is 37.3. The number of carbonyl (C=O) groups is 3. The zero-order chi connectivity index (χ0) is 17.7. The first-order valence-corrected chi connectivity index (χ1v) is 7.96. The summed E-state index contributed by atoms with van der Waals surface area (Å²) in [6.07, 6.45) is 1.34. The average molecular weight is 333 g/mol. The summed E-state index contributed by atoms with van der Waals surface area (Å²) in [5.41, 5.74) is -0.632. The Hall–Kier alpha value is -2.57. The second-order valence-corrected chi connectivity index (χ2v) is 6.50. The highest BCUT2D eigenvalue weighted by Crippen LogP contribution is 2.19. The molecular weight excluding hydrogens is 310 g/mol. The number of rotatable bonds is 4. The van der Waals surface area contributed by atoms with Gasteiger partial charge in [0.15, 0.2) is 0 Å². The number of carboxylic acids is 1. The molecule has 3 amide bonds. The van der Waals surface area contributed by atoms with Gasteiger partial charge in [-0.15, -0.1) is 0 Å². The van der Waals surface area contributed by atoms with E-state index in [0.29, 0.717) is 25.1 Å². The van der Waals surface area contributed by atoms with Crippen LogP contribution >= 0.6 is 0 Å². The van der Waals surface area contributed by atoms with Crippen molar-refractivity contribution in [1.82, 2.24) is 10.2 Å². The molecule has 1 unspecified atom stereocenters. The largest absolute Gasteiger partial charge is 0.480 e. The number of benzene rings is 1. The molecule has 1 aromatic carbocycles. The Balaban J connectivity index is 1.95. The molecule has 1 aliphatic heterocycles. The minimum Gasteiger partial charge on any atom is -0.480 e. The van der Waals surface area contributed by atoms with Crippen LogP contribution in [0.5, 0.6) is 0 Å². The first-order chi connectivity index (χ1) is 11.3. The van der Waals surface area contributed by atoms with Crippen molar-refractivity contribution < 1.29 is 19.5 Å². The minimum atomic E-state index is -1.33. The van der Waals surface area contributed by atoms with E-state index in [9.17, 15) is 14.4 Å². The Bertz CT molecular complexity index is 616. The van der Waals surface area contributed by atoms with Crippen LogP contribution in [0.3, 0.4) is 0 Å². The van der Waals surface area contributed by atoms with Gasteiger partial charge in [-0.1, -0.05) is 18.2 Å². The van der Waals surface area contributed by atoms with Crippen LogP contribution in [0.1, 0.15) is 26.7 Å². The van der Waals surface area contributed by atoms with Crippen LogP contribution < -0.4 is 10.6 Å². The van der Waals surface area contributed by atoms with Gasteiger partial charge in [0.2, 0.25) is 5.91 Å². The van der Waals surface area contributed by atoms with Crippen molar-refractivity contribution in [3.63, 3.8) is 0 Å². The van der Waals surface area contributed by atoms with Gasteiger partial charge in [0.05, 0.1) is 5.92 Å². The number of likely N-dealkylation sites (tertiary alicyclic amines) is 1. The lowest BCUT2D eigenvalue weighted by Gasteiger charge is -2.33. The maximum atomic E-state index is 12.3. The zero-order valence-corrected chi connectivity index (χ0v) is 13.9. The number of hydrogen-bond acceptors (Lipinski definition) is 3. The minimum absolute atomic E-state index is 0.254. The monoisotopic (exact) mass is 333 g/mol. The topological polar surface area (TPSA) is 98.7 Å². The predicted molar refractivity (Wildman–Crippen MR) is 89.6 cm³/mol. The summed E-state index contributed by atoms with van der Waals surface area (Å²) >= 11 is 0. The van der Waals surface area contributed by atoms with Crippen molar-refractivity contribution >= 4 is 23.6 Å². The number of nitrogens with one attached hydrogen (secondary N) is 2. The summed E-state index contributed by atoms with van der Waals surface area (Å²) in [5.74, 6) is -1.83. The molecule has 1 aliphatic rings. The van der Waals surface area contributed by atoms with Gasteiger partial charge >= 0.3 is 12.0 Å². The van der Waals surface area contributed by atoms with Crippen LogP contribution in [-0.4, -0.2) is 46.5 Å². The van der Waals surface area contributed by atoms with Crippen molar-refractivity contribution in [2.75, 3.05) is 18.4 Å². The first-order valence-electron chi connectivity index (χ1n) is 7.96. The van der Waals surface area contributed by atoms with Gasteiger partial charge < -0.3 is 20.6 Å². The van der Waals surface area contributed by atoms with E-state index in [0.717, 1.165) is 0 Å². The Morgan fingerprint density at radius 3 is 2.50 bits per heavy atom. The van der Waals surface area contributed by atoms with E-state index in [-0.39, 0.29) is 18.5 Å². The maximum absolute atomic E-state index is 12.3. The normalized spacial score (nSPS) is 17.9. The molecular formula is C17H23N3O4. The third-order valence-corrected chi connectivity index (χ3v) is 4.07. The third-order valence-electron chi connectivity index (χ3n) is 4.07. The van der Waals surface area contributed by atoms with Crippen LogP contribution in [-0.2, 0) is 9.59 Å². The van der Waals surface area contributed by atoms with Crippen molar-refractivity contribution in [2.45, 2.75) is 32.2 Å². The fraction of sp³-hybridized carbons (Fsp3) is 0.471. The molecule has 0 spiro atoms. The lowest BCUT2D eigenvalue weighted by atomic mass is 9.95. The average Bonchev–Trinajstić information content (AvgIpc) is 2.55. The lowest BCUT2D eigenvalue weighted by Crippen LogP contribution is -2.54. The van der Waals surface area contributed by atoms with Crippen molar-refractivity contribution in [2.24, 2.45) is 5.92 Å². The van der Waals surface area contributed by atoms with Crippen molar-refractivity contribution in [3.8, 4) is 0 Å². The number of carboxylic acid groups (broad SMARTS) is 1. The predicted octanol–water partition coefficient (Wildman–Crippen LogP) is 1.91. The van der Waals surface area contributed by atoms with E-state index in [2.05, 4.69) is 10.6 Å². The lowest BCUT2D eigenvalue weighted by molar-refractivity contribution is -0.147. The number of piperidine rings is 1. The highest BCUT2D eigenvalue weighted by molar-refractivity contribution is 5.91. The molecule has 1 aromatic rings. The summed E-state index contributed by atoms with van der Waals surface area (Å²) < 4.78 is 0. The smallest absolute Gasteiger partial charge is 0.328 e. The van der Waals surface area contributed by atoms with Gasteiger partial charge in [0.25, 0.3) is 0 Å². The number of para-hydroxylation sites is 1. The van der Waals surface area contributed by atoms with Crippen LogP contribution in [0.4, 0.5) is 10.5 Å². The fourth-order valence-corrected chi connectivity index (χ4v) is 2.56. The summed E-state index contributed by atoms with van der Waals surface area (Å²) in [7, 11) is 0. The molecule has 1 atom stereocenters. The molecule has 24 heavy (non-hydrogen) atoms. The highest BCUT2D eigenvalue weighted by atomic mass is 16.4. The number of urea groups is 1. The van der Waals surface area contributed by atoms with Crippen molar-refractivity contribution in [3.05, 3.63) is 30.3 Å². The summed E-state index contributed by atoms with van der Waals surface area (Å²) in [6, 6.07) is 8.85. The molecule has 1 heterocycles. The number of amides is 3. The first kappa shape index (κ1) is 17.8. The van der Waals surface area contributed by atoms with E-state index in [4.69, 9.17) is 5.11 Å². The summed E-state index contributed by atoms with van der Waals surface area (Å²) in [5, 5.41) is 14.4. The SMILES string of the molecule is CC(C)(NC(=O)C1CCCN(C(=O)Nc2ccccc2)C1)C(=O)O. The van der Waals surface area contributed by atoms with Crippen LogP contribution in [0.2, 0.25) is 0 Å². The second kappa shape index (κ2) is 7.33. The molecule has 0 radical (unpaired) electrons. The maximum Gasteiger partial charge on any atom is 0.328 e.